The van der Waals surface area contributed by atoms with Gasteiger partial charge in [-0.15, -0.1) is 0 Å². The average Bonchev–Trinajstić information content (AvgIpc) is 2.51. The molecule has 0 aliphatic heterocycles. The molecule has 6 heteroatoms. The van der Waals surface area contributed by atoms with E-state index in [9.17, 15) is 4.39 Å². The molecule has 0 amide bonds. The highest BCUT2D eigenvalue weighted by Crippen LogP contribution is 2.33. The highest BCUT2D eigenvalue weighted by Gasteiger charge is 2.18. The minimum Gasteiger partial charge on any atom is -0.497 e. The zero-order valence-electron chi connectivity index (χ0n) is 11.7. The largest absolute Gasteiger partial charge is 0.497 e. The van der Waals surface area contributed by atoms with Gasteiger partial charge in [0.1, 0.15) is 17.3 Å². The molecule has 0 aliphatic carbocycles. The molecular weight excluding hydrogens is 339 g/mol. The zero-order valence-corrected chi connectivity index (χ0v) is 13.3. The van der Waals surface area contributed by atoms with Gasteiger partial charge in [0.2, 0.25) is 0 Å². The molecular formula is C15H16BrFN2O2. The number of hydrogen-bond acceptors (Lipinski definition) is 4. The Balaban J connectivity index is 2.52. The van der Waals surface area contributed by atoms with Gasteiger partial charge in [-0.2, -0.15) is 0 Å². The van der Waals surface area contributed by atoms with Crippen LogP contribution in [-0.4, -0.2) is 14.2 Å². The molecule has 0 aromatic heterocycles. The van der Waals surface area contributed by atoms with E-state index < -0.39 is 6.04 Å². The molecule has 2 aromatic rings. The van der Waals surface area contributed by atoms with E-state index in [0.29, 0.717) is 17.1 Å². The van der Waals surface area contributed by atoms with E-state index in [-0.39, 0.29) is 5.82 Å². The molecule has 0 saturated heterocycles. The molecule has 2 aromatic carbocycles. The fourth-order valence-electron chi connectivity index (χ4n) is 2.10. The summed E-state index contributed by atoms with van der Waals surface area (Å²) in [6.45, 7) is 0. The van der Waals surface area contributed by atoms with Gasteiger partial charge in [-0.25, -0.2) is 9.82 Å². The molecule has 1 atom stereocenters. The monoisotopic (exact) mass is 354 g/mol. The summed E-state index contributed by atoms with van der Waals surface area (Å²) >= 11 is 3.42. The Morgan fingerprint density at radius 1 is 1.10 bits per heavy atom. The summed E-state index contributed by atoms with van der Waals surface area (Å²) < 4.78 is 24.8. The average molecular weight is 355 g/mol. The number of methoxy groups -OCH3 is 2. The van der Waals surface area contributed by atoms with Crippen LogP contribution < -0.4 is 20.7 Å². The normalized spacial score (nSPS) is 12.0. The van der Waals surface area contributed by atoms with Gasteiger partial charge < -0.3 is 9.47 Å². The van der Waals surface area contributed by atoms with Gasteiger partial charge >= 0.3 is 0 Å². The van der Waals surface area contributed by atoms with Gasteiger partial charge in [-0.1, -0.05) is 15.9 Å². The van der Waals surface area contributed by atoms with Crippen molar-refractivity contribution in [1.29, 1.82) is 0 Å². The highest BCUT2D eigenvalue weighted by molar-refractivity contribution is 9.10. The first-order valence-electron chi connectivity index (χ1n) is 6.23. The Hall–Kier alpha value is -1.63. The Kier molecular flexibility index (Phi) is 5.17. The minimum absolute atomic E-state index is 0.330. The molecule has 2 rings (SSSR count). The van der Waals surface area contributed by atoms with Crippen molar-refractivity contribution in [1.82, 2.24) is 5.43 Å². The second-order valence-corrected chi connectivity index (χ2v) is 5.27. The van der Waals surface area contributed by atoms with Crippen LogP contribution in [0.15, 0.2) is 40.9 Å². The van der Waals surface area contributed by atoms with Gasteiger partial charge in [0.25, 0.3) is 0 Å². The highest BCUT2D eigenvalue weighted by atomic mass is 79.9. The molecule has 1 unspecified atom stereocenters. The Bertz CT molecular complexity index is 615. The van der Waals surface area contributed by atoms with Crippen molar-refractivity contribution >= 4 is 15.9 Å². The van der Waals surface area contributed by atoms with Crippen LogP contribution in [0.5, 0.6) is 11.5 Å². The number of hydrazine groups is 1. The third-order valence-corrected chi connectivity index (χ3v) is 3.86. The molecule has 0 saturated carbocycles. The van der Waals surface area contributed by atoms with Crippen LogP contribution in [0.2, 0.25) is 0 Å². The number of nitrogens with one attached hydrogen (secondary N) is 1. The van der Waals surface area contributed by atoms with Crippen LogP contribution in [-0.2, 0) is 0 Å². The van der Waals surface area contributed by atoms with E-state index in [1.807, 2.05) is 12.1 Å². The Morgan fingerprint density at radius 2 is 1.71 bits per heavy atom. The Morgan fingerprint density at radius 3 is 2.24 bits per heavy atom. The topological polar surface area (TPSA) is 56.5 Å². The van der Waals surface area contributed by atoms with Crippen LogP contribution in [0.4, 0.5) is 4.39 Å². The van der Waals surface area contributed by atoms with Crippen LogP contribution >= 0.6 is 15.9 Å². The zero-order chi connectivity index (χ0) is 15.4. The predicted octanol–water partition coefficient (Wildman–Crippen LogP) is 3.16. The number of hydrogen-bond donors (Lipinski definition) is 2. The molecule has 112 valence electrons. The number of benzene rings is 2. The maximum atomic E-state index is 13.5. The lowest BCUT2D eigenvalue weighted by Crippen LogP contribution is -2.29. The fourth-order valence-corrected chi connectivity index (χ4v) is 2.57. The van der Waals surface area contributed by atoms with Gasteiger partial charge in [0.15, 0.2) is 0 Å². The van der Waals surface area contributed by atoms with Crippen molar-refractivity contribution in [2.75, 3.05) is 14.2 Å². The van der Waals surface area contributed by atoms with Gasteiger partial charge in [-0.05, 0) is 41.5 Å². The minimum atomic E-state index is -0.404. The lowest BCUT2D eigenvalue weighted by molar-refractivity contribution is 0.392. The summed E-state index contributed by atoms with van der Waals surface area (Å²) in [5, 5.41) is 0. The third kappa shape index (κ3) is 3.53. The molecule has 0 fully saturated rings. The summed E-state index contributed by atoms with van der Waals surface area (Å²) in [7, 11) is 3.14. The van der Waals surface area contributed by atoms with E-state index in [0.717, 1.165) is 10.0 Å². The number of halogens is 2. The molecule has 3 N–H and O–H groups in total. The summed E-state index contributed by atoms with van der Waals surface area (Å²) in [6.07, 6.45) is 0. The van der Waals surface area contributed by atoms with E-state index >= 15 is 0 Å². The molecule has 4 nitrogen and oxygen atoms in total. The molecule has 0 aliphatic rings. The quantitative estimate of drug-likeness (QED) is 0.639. The Labute approximate surface area is 131 Å². The standard InChI is InChI=1S/C15H16BrFN2O2/c1-20-11-5-9(6-12(8-11)21-2)15(19-18)13-7-10(17)3-4-14(13)16/h3-8,15,19H,18H2,1-2H3. The molecule has 21 heavy (non-hydrogen) atoms. The van der Waals surface area contributed by atoms with Crippen molar-refractivity contribution in [3.8, 4) is 11.5 Å². The second-order valence-electron chi connectivity index (χ2n) is 4.41. The summed E-state index contributed by atoms with van der Waals surface area (Å²) in [5.41, 5.74) is 4.19. The van der Waals surface area contributed by atoms with E-state index in [2.05, 4.69) is 21.4 Å². The molecule has 0 heterocycles. The smallest absolute Gasteiger partial charge is 0.123 e. The van der Waals surface area contributed by atoms with E-state index in [1.54, 1.807) is 26.4 Å². The second kappa shape index (κ2) is 6.89. The lowest BCUT2D eigenvalue weighted by atomic mass is 9.98. The maximum absolute atomic E-state index is 13.5. The van der Waals surface area contributed by atoms with Crippen molar-refractivity contribution in [3.05, 3.63) is 57.8 Å². The molecule has 0 bridgehead atoms. The van der Waals surface area contributed by atoms with Gasteiger partial charge in [-0.3, -0.25) is 5.84 Å². The van der Waals surface area contributed by atoms with Crippen molar-refractivity contribution in [2.45, 2.75) is 6.04 Å². The number of ether oxygens (including phenoxy) is 2. The first kappa shape index (κ1) is 15.8. The summed E-state index contributed by atoms with van der Waals surface area (Å²) in [6, 6.07) is 9.46. The summed E-state index contributed by atoms with van der Waals surface area (Å²) in [5.74, 6) is 6.61. The van der Waals surface area contributed by atoms with Crippen LogP contribution in [0.25, 0.3) is 0 Å². The van der Waals surface area contributed by atoms with Crippen molar-refractivity contribution in [2.24, 2.45) is 5.84 Å². The SMILES string of the molecule is COc1cc(OC)cc(C(NN)c2cc(F)ccc2Br)c1. The van der Waals surface area contributed by atoms with Crippen molar-refractivity contribution < 1.29 is 13.9 Å². The number of nitrogens with two attached hydrogens (primary N) is 1. The van der Waals surface area contributed by atoms with E-state index in [4.69, 9.17) is 15.3 Å². The van der Waals surface area contributed by atoms with Crippen molar-refractivity contribution in [3.63, 3.8) is 0 Å². The van der Waals surface area contributed by atoms with Gasteiger partial charge in [0, 0.05) is 10.5 Å². The molecule has 0 radical (unpaired) electrons. The predicted molar refractivity (Wildman–Crippen MR) is 82.8 cm³/mol. The first-order chi connectivity index (χ1) is 10.1. The van der Waals surface area contributed by atoms with E-state index in [1.165, 1.54) is 12.1 Å². The lowest BCUT2D eigenvalue weighted by Gasteiger charge is -2.20. The van der Waals surface area contributed by atoms with Crippen LogP contribution in [0.1, 0.15) is 17.2 Å². The molecule has 0 spiro atoms. The fraction of sp³-hybridized carbons (Fsp3) is 0.200. The van der Waals surface area contributed by atoms with Gasteiger partial charge in [0.05, 0.1) is 20.3 Å². The summed E-state index contributed by atoms with van der Waals surface area (Å²) in [4.78, 5) is 0. The van der Waals surface area contributed by atoms with Crippen LogP contribution in [0, 0.1) is 5.82 Å². The maximum Gasteiger partial charge on any atom is 0.123 e. The number of rotatable bonds is 5. The third-order valence-electron chi connectivity index (χ3n) is 3.14. The first-order valence-corrected chi connectivity index (χ1v) is 7.02. The van der Waals surface area contributed by atoms with Crippen LogP contribution in [0.3, 0.4) is 0 Å².